The Bertz CT molecular complexity index is 570. The Morgan fingerprint density at radius 3 is 2.56 bits per heavy atom. The van der Waals surface area contributed by atoms with Gasteiger partial charge in [-0.2, -0.15) is 4.98 Å². The highest BCUT2D eigenvalue weighted by Gasteiger charge is 2.43. The van der Waals surface area contributed by atoms with E-state index < -0.39 is 0 Å². The molecule has 3 rings (SSSR count). The van der Waals surface area contributed by atoms with E-state index in [0.717, 1.165) is 63.9 Å². The third-order valence-electron chi connectivity index (χ3n) is 5.90. The number of aromatic nitrogens is 2. The van der Waals surface area contributed by atoms with E-state index in [9.17, 15) is 4.79 Å². The Labute approximate surface area is 150 Å². The number of amides is 1. The molecule has 1 aromatic rings. The average Bonchev–Trinajstić information content (AvgIpc) is 3.30. The van der Waals surface area contributed by atoms with Crippen molar-refractivity contribution in [3.63, 3.8) is 0 Å². The van der Waals surface area contributed by atoms with Gasteiger partial charge in [-0.25, -0.2) is 0 Å². The Balaban J connectivity index is 1.60. The number of piperidine rings is 1. The second kappa shape index (κ2) is 7.85. The number of methoxy groups -OCH3 is 1. The predicted octanol–water partition coefficient (Wildman–Crippen LogP) is 3.50. The van der Waals surface area contributed by atoms with Crippen LogP contribution >= 0.6 is 0 Å². The van der Waals surface area contributed by atoms with E-state index in [4.69, 9.17) is 9.26 Å². The smallest absolute Gasteiger partial charge is 0.229 e. The minimum absolute atomic E-state index is 0.181. The molecule has 0 aromatic carbocycles. The van der Waals surface area contributed by atoms with Gasteiger partial charge in [-0.05, 0) is 32.1 Å². The lowest BCUT2D eigenvalue weighted by atomic mass is 9.80. The molecule has 0 bridgehead atoms. The Kier molecular flexibility index (Phi) is 5.77. The van der Waals surface area contributed by atoms with Crippen molar-refractivity contribution in [3.05, 3.63) is 11.7 Å². The summed E-state index contributed by atoms with van der Waals surface area (Å²) in [6.07, 6.45) is 7.03. The standard InChI is InChI=1S/C19H31N3O3/c1-14(2)17-20-16(21-25-17)15-6-11-22(12-7-15)18(23)19(10-13-24-3)8-4-5-9-19/h14-15H,4-13H2,1-3H3. The van der Waals surface area contributed by atoms with Crippen LogP contribution in [0.5, 0.6) is 0 Å². The number of hydrogen-bond donors (Lipinski definition) is 0. The molecule has 1 saturated heterocycles. The number of rotatable bonds is 6. The van der Waals surface area contributed by atoms with Crippen LogP contribution in [0.15, 0.2) is 4.52 Å². The lowest BCUT2D eigenvalue weighted by Gasteiger charge is -2.38. The highest BCUT2D eigenvalue weighted by atomic mass is 16.5. The van der Waals surface area contributed by atoms with Crippen molar-refractivity contribution in [1.82, 2.24) is 15.0 Å². The van der Waals surface area contributed by atoms with Crippen LogP contribution in [0.3, 0.4) is 0 Å². The Morgan fingerprint density at radius 2 is 2.00 bits per heavy atom. The topological polar surface area (TPSA) is 68.5 Å². The fourth-order valence-electron chi connectivity index (χ4n) is 4.24. The van der Waals surface area contributed by atoms with Gasteiger partial charge in [0.1, 0.15) is 0 Å². The maximum Gasteiger partial charge on any atom is 0.229 e. The van der Waals surface area contributed by atoms with Gasteiger partial charge in [0.15, 0.2) is 5.82 Å². The first kappa shape index (κ1) is 18.4. The lowest BCUT2D eigenvalue weighted by molar-refractivity contribution is -0.144. The van der Waals surface area contributed by atoms with Crippen molar-refractivity contribution < 1.29 is 14.1 Å². The molecule has 0 radical (unpaired) electrons. The minimum Gasteiger partial charge on any atom is -0.385 e. The molecule has 2 aliphatic rings. The lowest BCUT2D eigenvalue weighted by Crippen LogP contribution is -2.46. The molecule has 1 aliphatic heterocycles. The summed E-state index contributed by atoms with van der Waals surface area (Å²) >= 11 is 0. The third-order valence-corrected chi connectivity index (χ3v) is 5.90. The first-order chi connectivity index (χ1) is 12.1. The highest BCUT2D eigenvalue weighted by molar-refractivity contribution is 5.83. The van der Waals surface area contributed by atoms with Gasteiger partial charge in [-0.15, -0.1) is 0 Å². The predicted molar refractivity (Wildman–Crippen MR) is 94.3 cm³/mol. The zero-order chi connectivity index (χ0) is 17.9. The monoisotopic (exact) mass is 349 g/mol. The zero-order valence-electron chi connectivity index (χ0n) is 15.8. The van der Waals surface area contributed by atoms with E-state index >= 15 is 0 Å². The molecule has 1 amide bonds. The van der Waals surface area contributed by atoms with Crippen molar-refractivity contribution >= 4 is 5.91 Å². The van der Waals surface area contributed by atoms with Gasteiger partial charge in [0.05, 0.1) is 5.41 Å². The average molecular weight is 349 g/mol. The number of nitrogens with zero attached hydrogens (tertiary/aromatic N) is 3. The van der Waals surface area contributed by atoms with Gasteiger partial charge in [-0.3, -0.25) is 4.79 Å². The first-order valence-corrected chi connectivity index (χ1v) is 9.67. The summed E-state index contributed by atoms with van der Waals surface area (Å²) in [7, 11) is 1.72. The van der Waals surface area contributed by atoms with E-state index in [1.807, 2.05) is 0 Å². The second-order valence-electron chi connectivity index (χ2n) is 7.94. The van der Waals surface area contributed by atoms with Crippen molar-refractivity contribution in [3.8, 4) is 0 Å². The SMILES string of the molecule is COCCC1(C(=O)N2CCC(c3noc(C(C)C)n3)CC2)CCCC1. The molecule has 1 saturated carbocycles. The highest BCUT2D eigenvalue weighted by Crippen LogP contribution is 2.43. The van der Waals surface area contributed by atoms with Crippen LogP contribution in [0.4, 0.5) is 0 Å². The first-order valence-electron chi connectivity index (χ1n) is 9.67. The van der Waals surface area contributed by atoms with E-state index in [0.29, 0.717) is 24.3 Å². The van der Waals surface area contributed by atoms with Crippen LogP contribution in [0.2, 0.25) is 0 Å². The van der Waals surface area contributed by atoms with Gasteiger partial charge in [0.25, 0.3) is 0 Å². The van der Waals surface area contributed by atoms with E-state index in [1.165, 1.54) is 0 Å². The minimum atomic E-state index is -0.181. The van der Waals surface area contributed by atoms with Crippen LogP contribution in [-0.2, 0) is 9.53 Å². The molecule has 6 nitrogen and oxygen atoms in total. The molecular weight excluding hydrogens is 318 g/mol. The fraction of sp³-hybridized carbons (Fsp3) is 0.842. The van der Waals surface area contributed by atoms with Crippen LogP contribution in [0.1, 0.15) is 82.3 Å². The summed E-state index contributed by atoms with van der Waals surface area (Å²) in [5.41, 5.74) is -0.181. The number of hydrogen-bond acceptors (Lipinski definition) is 5. The molecule has 25 heavy (non-hydrogen) atoms. The van der Waals surface area contributed by atoms with Crippen LogP contribution in [0, 0.1) is 5.41 Å². The van der Waals surface area contributed by atoms with E-state index in [-0.39, 0.29) is 11.3 Å². The number of carbonyl (C=O) groups is 1. The molecule has 140 valence electrons. The molecule has 0 spiro atoms. The molecular formula is C19H31N3O3. The van der Waals surface area contributed by atoms with E-state index in [1.54, 1.807) is 7.11 Å². The molecule has 6 heteroatoms. The normalized spacial score (nSPS) is 21.2. The fourth-order valence-corrected chi connectivity index (χ4v) is 4.24. The molecule has 0 unspecified atom stereocenters. The third kappa shape index (κ3) is 3.89. The second-order valence-corrected chi connectivity index (χ2v) is 7.94. The number of carbonyl (C=O) groups excluding carboxylic acids is 1. The summed E-state index contributed by atoms with van der Waals surface area (Å²) < 4.78 is 10.6. The van der Waals surface area contributed by atoms with Crippen LogP contribution < -0.4 is 0 Å². The zero-order valence-corrected chi connectivity index (χ0v) is 15.8. The van der Waals surface area contributed by atoms with E-state index in [2.05, 4.69) is 28.9 Å². The number of likely N-dealkylation sites (tertiary alicyclic amines) is 1. The Morgan fingerprint density at radius 1 is 1.32 bits per heavy atom. The van der Waals surface area contributed by atoms with Crippen molar-refractivity contribution in [1.29, 1.82) is 0 Å². The van der Waals surface area contributed by atoms with Gasteiger partial charge in [-0.1, -0.05) is 31.8 Å². The maximum absolute atomic E-state index is 13.2. The summed E-state index contributed by atoms with van der Waals surface area (Å²) in [4.78, 5) is 19.8. The summed E-state index contributed by atoms with van der Waals surface area (Å²) in [5.74, 6) is 2.42. The van der Waals surface area contributed by atoms with Gasteiger partial charge in [0, 0.05) is 38.6 Å². The summed E-state index contributed by atoms with van der Waals surface area (Å²) in [6.45, 7) is 6.37. The number of ether oxygens (including phenoxy) is 1. The summed E-state index contributed by atoms with van der Waals surface area (Å²) in [5, 5.41) is 4.16. The summed E-state index contributed by atoms with van der Waals surface area (Å²) in [6, 6.07) is 0. The maximum atomic E-state index is 13.2. The molecule has 2 heterocycles. The van der Waals surface area contributed by atoms with Crippen LogP contribution in [-0.4, -0.2) is 47.8 Å². The van der Waals surface area contributed by atoms with Gasteiger partial charge < -0.3 is 14.2 Å². The Hall–Kier alpha value is -1.43. The largest absolute Gasteiger partial charge is 0.385 e. The van der Waals surface area contributed by atoms with Crippen molar-refractivity contribution in [2.24, 2.45) is 5.41 Å². The molecule has 2 fully saturated rings. The molecule has 1 aromatic heterocycles. The van der Waals surface area contributed by atoms with Crippen LogP contribution in [0.25, 0.3) is 0 Å². The van der Waals surface area contributed by atoms with Gasteiger partial charge >= 0.3 is 0 Å². The molecule has 0 N–H and O–H groups in total. The van der Waals surface area contributed by atoms with Gasteiger partial charge in [0.2, 0.25) is 11.8 Å². The van der Waals surface area contributed by atoms with Crippen molar-refractivity contribution in [2.75, 3.05) is 26.8 Å². The van der Waals surface area contributed by atoms with Crippen molar-refractivity contribution in [2.45, 2.75) is 70.6 Å². The quantitative estimate of drug-likeness (QED) is 0.786. The molecule has 0 atom stereocenters. The molecule has 1 aliphatic carbocycles.